The maximum Gasteiger partial charge on any atom is 0.349 e. The van der Waals surface area contributed by atoms with Gasteiger partial charge in [0.05, 0.1) is 18.8 Å². The minimum atomic E-state index is -1.11. The molecule has 3 aromatic rings. The van der Waals surface area contributed by atoms with Gasteiger partial charge in [-0.2, -0.15) is 0 Å². The van der Waals surface area contributed by atoms with Gasteiger partial charge in [0.25, 0.3) is 0 Å². The van der Waals surface area contributed by atoms with Crippen LogP contribution in [0.2, 0.25) is 0 Å². The first-order valence-electron chi connectivity index (χ1n) is 13.4. The van der Waals surface area contributed by atoms with Gasteiger partial charge in [-0.3, -0.25) is 9.69 Å². The van der Waals surface area contributed by atoms with Crippen molar-refractivity contribution >= 4 is 11.9 Å². The standard InChI is InChI=1S/C31H41N3O5/c1-9-37-30(36)31(6,7)39-28-21(3)16-24(17-22(28)4)18-34(19-27(35)32-8)15-14-26-23(5)38-29(33-26)25-12-10-20(2)11-13-25/h10-13,16-17H,9,14-15,18-19H2,1-8H3,(H,32,35). The number of likely N-dealkylation sites (N-methyl/N-ethyl adjacent to an activating group) is 1. The van der Waals surface area contributed by atoms with Gasteiger partial charge in [-0.15, -0.1) is 0 Å². The van der Waals surface area contributed by atoms with E-state index in [-0.39, 0.29) is 12.5 Å². The first-order valence-corrected chi connectivity index (χ1v) is 13.4. The molecule has 2 aromatic carbocycles. The molecule has 0 aliphatic rings. The molecule has 1 N–H and O–H groups in total. The average Bonchev–Trinajstić information content (AvgIpc) is 3.25. The van der Waals surface area contributed by atoms with Gasteiger partial charge in [0.15, 0.2) is 5.60 Å². The number of nitrogens with one attached hydrogen (secondary N) is 1. The van der Waals surface area contributed by atoms with E-state index in [2.05, 4.69) is 10.2 Å². The molecular formula is C31H41N3O5. The van der Waals surface area contributed by atoms with Crippen LogP contribution in [-0.4, -0.2) is 54.1 Å². The number of ether oxygens (including phenoxy) is 2. The number of oxazole rings is 1. The van der Waals surface area contributed by atoms with Gasteiger partial charge in [-0.1, -0.05) is 29.8 Å². The van der Waals surface area contributed by atoms with E-state index in [4.69, 9.17) is 18.9 Å². The van der Waals surface area contributed by atoms with E-state index in [9.17, 15) is 9.59 Å². The van der Waals surface area contributed by atoms with Crippen LogP contribution in [0.3, 0.4) is 0 Å². The Balaban J connectivity index is 1.76. The van der Waals surface area contributed by atoms with Crippen LogP contribution in [-0.2, 0) is 27.3 Å². The number of rotatable bonds is 12. The third kappa shape index (κ3) is 7.93. The lowest BCUT2D eigenvalue weighted by Gasteiger charge is -2.27. The maximum atomic E-state index is 12.3. The van der Waals surface area contributed by atoms with E-state index in [0.29, 0.717) is 37.8 Å². The quantitative estimate of drug-likeness (QED) is 0.323. The zero-order chi connectivity index (χ0) is 28.7. The highest BCUT2D eigenvalue weighted by atomic mass is 16.6. The van der Waals surface area contributed by atoms with Crippen LogP contribution in [0.5, 0.6) is 5.75 Å². The summed E-state index contributed by atoms with van der Waals surface area (Å²) < 4.78 is 17.2. The van der Waals surface area contributed by atoms with Crippen molar-refractivity contribution in [3.63, 3.8) is 0 Å². The smallest absolute Gasteiger partial charge is 0.349 e. The van der Waals surface area contributed by atoms with Crippen LogP contribution >= 0.6 is 0 Å². The van der Waals surface area contributed by atoms with E-state index in [1.165, 1.54) is 5.56 Å². The topological polar surface area (TPSA) is 93.9 Å². The van der Waals surface area contributed by atoms with Crippen LogP contribution in [0, 0.1) is 27.7 Å². The van der Waals surface area contributed by atoms with E-state index in [0.717, 1.165) is 33.7 Å². The van der Waals surface area contributed by atoms with Crippen LogP contribution in [0.1, 0.15) is 54.5 Å². The van der Waals surface area contributed by atoms with E-state index >= 15 is 0 Å². The van der Waals surface area contributed by atoms with Gasteiger partial charge in [-0.05, 0) is 77.3 Å². The summed E-state index contributed by atoms with van der Waals surface area (Å²) in [5.41, 5.74) is 4.77. The molecule has 0 atom stereocenters. The van der Waals surface area contributed by atoms with Crippen molar-refractivity contribution in [2.45, 2.75) is 67.0 Å². The summed E-state index contributed by atoms with van der Waals surface area (Å²) in [5, 5.41) is 2.72. The molecular weight excluding hydrogens is 494 g/mol. The number of aryl methyl sites for hydroxylation is 4. The third-order valence-electron chi connectivity index (χ3n) is 6.55. The molecule has 0 unspecified atom stereocenters. The first kappa shape index (κ1) is 29.9. The molecule has 0 saturated carbocycles. The highest BCUT2D eigenvalue weighted by Crippen LogP contribution is 2.30. The highest BCUT2D eigenvalue weighted by molar-refractivity contribution is 5.79. The summed E-state index contributed by atoms with van der Waals surface area (Å²) in [6.07, 6.45) is 0.644. The summed E-state index contributed by atoms with van der Waals surface area (Å²) in [7, 11) is 1.64. The molecule has 0 radical (unpaired) electrons. The Morgan fingerprint density at radius 3 is 2.28 bits per heavy atom. The van der Waals surface area contributed by atoms with Gasteiger partial charge in [0, 0.05) is 32.1 Å². The molecule has 0 aliphatic heterocycles. The number of carbonyl (C=O) groups excluding carboxylic acids is 2. The molecule has 8 nitrogen and oxygen atoms in total. The van der Waals surface area contributed by atoms with E-state index < -0.39 is 11.6 Å². The molecule has 39 heavy (non-hydrogen) atoms. The van der Waals surface area contributed by atoms with Crippen molar-refractivity contribution in [3.05, 3.63) is 70.1 Å². The minimum absolute atomic E-state index is 0.0585. The number of esters is 1. The largest absolute Gasteiger partial charge is 0.476 e. The average molecular weight is 536 g/mol. The van der Waals surface area contributed by atoms with Crippen LogP contribution in [0.25, 0.3) is 11.5 Å². The second-order valence-corrected chi connectivity index (χ2v) is 10.4. The number of hydrogen-bond acceptors (Lipinski definition) is 7. The van der Waals surface area contributed by atoms with Crippen LogP contribution in [0.15, 0.2) is 40.8 Å². The zero-order valence-corrected chi connectivity index (χ0v) is 24.4. The zero-order valence-electron chi connectivity index (χ0n) is 24.4. The second kappa shape index (κ2) is 12.9. The van der Waals surface area contributed by atoms with Crippen molar-refractivity contribution in [3.8, 4) is 17.2 Å². The Hall–Kier alpha value is -3.65. The minimum Gasteiger partial charge on any atom is -0.476 e. The van der Waals surface area contributed by atoms with Crippen molar-refractivity contribution in [1.82, 2.24) is 15.2 Å². The fourth-order valence-corrected chi connectivity index (χ4v) is 4.39. The molecule has 0 saturated heterocycles. The predicted octanol–water partition coefficient (Wildman–Crippen LogP) is 5.09. The lowest BCUT2D eigenvalue weighted by Crippen LogP contribution is -2.40. The molecule has 0 bridgehead atoms. The Kier molecular flexibility index (Phi) is 9.92. The van der Waals surface area contributed by atoms with Crippen molar-refractivity contribution in [1.29, 1.82) is 0 Å². The summed E-state index contributed by atoms with van der Waals surface area (Å²) >= 11 is 0. The summed E-state index contributed by atoms with van der Waals surface area (Å²) in [5.74, 6) is 1.59. The Morgan fingerprint density at radius 1 is 1.05 bits per heavy atom. The molecule has 1 amide bonds. The molecule has 0 spiro atoms. The highest BCUT2D eigenvalue weighted by Gasteiger charge is 2.32. The molecule has 1 heterocycles. The van der Waals surface area contributed by atoms with Crippen molar-refractivity contribution in [2.75, 3.05) is 26.7 Å². The van der Waals surface area contributed by atoms with Gasteiger partial charge in [-0.25, -0.2) is 9.78 Å². The van der Waals surface area contributed by atoms with Crippen LogP contribution < -0.4 is 10.1 Å². The molecule has 0 aliphatic carbocycles. The summed E-state index contributed by atoms with van der Waals surface area (Å²) in [6.45, 7) is 14.8. The van der Waals surface area contributed by atoms with Gasteiger partial charge < -0.3 is 19.2 Å². The monoisotopic (exact) mass is 535 g/mol. The van der Waals surface area contributed by atoms with Crippen LogP contribution in [0.4, 0.5) is 0 Å². The Labute approximate surface area is 231 Å². The predicted molar refractivity (Wildman–Crippen MR) is 152 cm³/mol. The first-order chi connectivity index (χ1) is 18.4. The fraction of sp³-hybridized carbons (Fsp3) is 0.452. The number of carbonyl (C=O) groups is 2. The van der Waals surface area contributed by atoms with E-state index in [1.807, 2.05) is 64.1 Å². The van der Waals surface area contributed by atoms with Crippen molar-refractivity contribution < 1.29 is 23.5 Å². The number of amides is 1. The van der Waals surface area contributed by atoms with Gasteiger partial charge in [0.2, 0.25) is 11.8 Å². The molecule has 1 aromatic heterocycles. The number of nitrogens with zero attached hydrogens (tertiary/aromatic N) is 2. The number of aromatic nitrogens is 1. The van der Waals surface area contributed by atoms with Gasteiger partial charge in [0.1, 0.15) is 11.5 Å². The van der Waals surface area contributed by atoms with Gasteiger partial charge >= 0.3 is 5.97 Å². The second-order valence-electron chi connectivity index (χ2n) is 10.4. The molecule has 3 rings (SSSR count). The van der Waals surface area contributed by atoms with Crippen molar-refractivity contribution in [2.24, 2.45) is 0 Å². The Bertz CT molecular complexity index is 1270. The Morgan fingerprint density at radius 2 is 1.69 bits per heavy atom. The lowest BCUT2D eigenvalue weighted by molar-refractivity contribution is -0.158. The third-order valence-corrected chi connectivity index (χ3v) is 6.55. The number of benzene rings is 2. The number of hydrogen-bond donors (Lipinski definition) is 1. The fourth-order valence-electron chi connectivity index (χ4n) is 4.39. The molecule has 0 fully saturated rings. The summed E-state index contributed by atoms with van der Waals surface area (Å²) in [4.78, 5) is 31.5. The maximum absolute atomic E-state index is 12.3. The van der Waals surface area contributed by atoms with E-state index in [1.54, 1.807) is 27.8 Å². The SMILES string of the molecule is CCOC(=O)C(C)(C)Oc1c(C)cc(CN(CCc2nc(-c3ccc(C)cc3)oc2C)CC(=O)NC)cc1C. The normalized spacial score (nSPS) is 11.5. The molecule has 210 valence electrons. The lowest BCUT2D eigenvalue weighted by atomic mass is 10.0. The molecule has 8 heteroatoms. The summed E-state index contributed by atoms with van der Waals surface area (Å²) in [6, 6.07) is 12.2.